The lowest BCUT2D eigenvalue weighted by molar-refractivity contribution is 0.102. The topological polar surface area (TPSA) is 75.1 Å². The lowest BCUT2D eigenvalue weighted by atomic mass is 10.2. The van der Waals surface area contributed by atoms with Crippen LogP contribution in [0.2, 0.25) is 0 Å². The second-order valence-corrected chi connectivity index (χ2v) is 3.21. The minimum Gasteiger partial charge on any atom is -0.505 e. The molecule has 0 fully saturated rings. The molecule has 0 bridgehead atoms. The van der Waals surface area contributed by atoms with E-state index in [1.807, 2.05) is 0 Å². The molecule has 2 N–H and O–H groups in total. The minimum absolute atomic E-state index is 0.0751. The van der Waals surface area contributed by atoms with Gasteiger partial charge in [-0.05, 0) is 18.2 Å². The minimum atomic E-state index is -0.538. The molecule has 2 heterocycles. The number of halogens is 1. The van der Waals surface area contributed by atoms with Gasteiger partial charge < -0.3 is 10.4 Å². The Morgan fingerprint density at radius 1 is 1.29 bits per heavy atom. The zero-order valence-corrected chi connectivity index (χ0v) is 8.59. The summed E-state index contributed by atoms with van der Waals surface area (Å²) in [6, 6.07) is 3.87. The van der Waals surface area contributed by atoms with Crippen molar-refractivity contribution >= 4 is 11.7 Å². The molecule has 1 amide bonds. The van der Waals surface area contributed by atoms with Crippen LogP contribution in [0.4, 0.5) is 10.2 Å². The van der Waals surface area contributed by atoms with Gasteiger partial charge in [0.25, 0.3) is 5.91 Å². The number of pyridine rings is 2. The maximum atomic E-state index is 12.6. The fourth-order valence-electron chi connectivity index (χ4n) is 1.21. The summed E-state index contributed by atoms with van der Waals surface area (Å²) in [4.78, 5) is 19.0. The quantitative estimate of drug-likeness (QED) is 0.825. The molecule has 0 aliphatic rings. The number of hydrogen-bond acceptors (Lipinski definition) is 4. The van der Waals surface area contributed by atoms with Crippen molar-refractivity contribution in [2.45, 2.75) is 0 Å². The predicted octanol–water partition coefficient (Wildman–Crippen LogP) is 1.57. The van der Waals surface area contributed by atoms with Crippen molar-refractivity contribution in [2.75, 3.05) is 5.32 Å². The number of aromatic nitrogens is 2. The van der Waals surface area contributed by atoms with Gasteiger partial charge in [-0.25, -0.2) is 9.37 Å². The maximum Gasteiger partial charge on any atom is 0.260 e. The smallest absolute Gasteiger partial charge is 0.260 e. The maximum absolute atomic E-state index is 12.6. The molecule has 2 aromatic heterocycles. The molecule has 0 spiro atoms. The molecule has 0 saturated carbocycles. The number of anilines is 1. The Kier molecular flexibility index (Phi) is 2.95. The molecule has 5 nitrogen and oxygen atoms in total. The number of aromatic hydroxyl groups is 1. The summed E-state index contributed by atoms with van der Waals surface area (Å²) in [5.41, 5.74) is 0.0751. The van der Waals surface area contributed by atoms with Gasteiger partial charge in [-0.15, -0.1) is 0 Å². The van der Waals surface area contributed by atoms with Crippen LogP contribution in [0.3, 0.4) is 0 Å². The monoisotopic (exact) mass is 233 g/mol. The van der Waals surface area contributed by atoms with Gasteiger partial charge >= 0.3 is 0 Å². The molecule has 6 heteroatoms. The molecular weight excluding hydrogens is 225 g/mol. The summed E-state index contributed by atoms with van der Waals surface area (Å²) in [6.07, 6.45) is 3.53. The Bertz CT molecular complexity index is 543. The standard InChI is InChI=1S/C11H8FN3O2/c12-7-1-2-10(14-5-7)15-11(17)8-3-4-13-6-9(8)16/h1-6,16H,(H,14,15,17). The van der Waals surface area contributed by atoms with Crippen molar-refractivity contribution in [3.63, 3.8) is 0 Å². The first-order valence-corrected chi connectivity index (χ1v) is 4.72. The van der Waals surface area contributed by atoms with Crippen molar-refractivity contribution in [3.8, 4) is 5.75 Å². The van der Waals surface area contributed by atoms with Crippen molar-refractivity contribution < 1.29 is 14.3 Å². The molecule has 0 saturated heterocycles. The van der Waals surface area contributed by atoms with Crippen LogP contribution in [-0.2, 0) is 0 Å². The first-order chi connectivity index (χ1) is 8.16. The van der Waals surface area contributed by atoms with Gasteiger partial charge in [-0.1, -0.05) is 0 Å². The van der Waals surface area contributed by atoms with Crippen LogP contribution in [0.1, 0.15) is 10.4 Å². The molecular formula is C11H8FN3O2. The Labute approximate surface area is 96.0 Å². The third-order valence-corrected chi connectivity index (χ3v) is 2.01. The lowest BCUT2D eigenvalue weighted by Crippen LogP contribution is -2.13. The van der Waals surface area contributed by atoms with Crippen molar-refractivity contribution in [1.29, 1.82) is 0 Å². The van der Waals surface area contributed by atoms with Crippen molar-refractivity contribution in [1.82, 2.24) is 9.97 Å². The SMILES string of the molecule is O=C(Nc1ccc(F)cn1)c1ccncc1O. The van der Waals surface area contributed by atoms with Crippen LogP contribution in [-0.4, -0.2) is 21.0 Å². The number of amides is 1. The number of rotatable bonds is 2. The fourth-order valence-corrected chi connectivity index (χ4v) is 1.21. The van der Waals surface area contributed by atoms with Gasteiger partial charge in [0.1, 0.15) is 17.4 Å². The van der Waals surface area contributed by atoms with E-state index < -0.39 is 11.7 Å². The largest absolute Gasteiger partial charge is 0.505 e. The summed E-state index contributed by atoms with van der Waals surface area (Å²) >= 11 is 0. The van der Waals surface area contributed by atoms with Crippen molar-refractivity contribution in [2.24, 2.45) is 0 Å². The van der Waals surface area contributed by atoms with E-state index in [2.05, 4.69) is 15.3 Å². The van der Waals surface area contributed by atoms with Crippen LogP contribution >= 0.6 is 0 Å². The Balaban J connectivity index is 2.17. The molecule has 86 valence electrons. The second-order valence-electron chi connectivity index (χ2n) is 3.21. The lowest BCUT2D eigenvalue weighted by Gasteiger charge is -2.05. The zero-order valence-electron chi connectivity index (χ0n) is 8.59. The molecule has 0 aliphatic carbocycles. The molecule has 0 radical (unpaired) electrons. The van der Waals surface area contributed by atoms with Gasteiger partial charge in [-0.2, -0.15) is 0 Å². The van der Waals surface area contributed by atoms with Crippen LogP contribution < -0.4 is 5.32 Å². The van der Waals surface area contributed by atoms with E-state index >= 15 is 0 Å². The number of nitrogens with zero attached hydrogens (tertiary/aromatic N) is 2. The summed E-state index contributed by atoms with van der Waals surface area (Å²) < 4.78 is 12.6. The van der Waals surface area contributed by atoms with Gasteiger partial charge in [0, 0.05) is 6.20 Å². The molecule has 0 unspecified atom stereocenters. The molecule has 0 aromatic carbocycles. The van der Waals surface area contributed by atoms with E-state index in [0.29, 0.717) is 0 Å². The number of carbonyl (C=O) groups excluding carboxylic acids is 1. The second kappa shape index (κ2) is 4.56. The van der Waals surface area contributed by atoms with E-state index in [4.69, 9.17) is 0 Å². The Morgan fingerprint density at radius 2 is 2.12 bits per heavy atom. The Morgan fingerprint density at radius 3 is 2.76 bits per heavy atom. The highest BCUT2D eigenvalue weighted by molar-refractivity contribution is 6.05. The summed E-state index contributed by atoms with van der Waals surface area (Å²) in [7, 11) is 0. The van der Waals surface area contributed by atoms with Gasteiger partial charge in [0.15, 0.2) is 0 Å². The molecule has 2 rings (SSSR count). The number of carbonyl (C=O) groups is 1. The fraction of sp³-hybridized carbons (Fsp3) is 0. The highest BCUT2D eigenvalue weighted by Gasteiger charge is 2.11. The molecule has 17 heavy (non-hydrogen) atoms. The summed E-state index contributed by atoms with van der Waals surface area (Å²) in [6.45, 7) is 0. The average Bonchev–Trinajstić information content (AvgIpc) is 2.32. The molecule has 2 aromatic rings. The van der Waals surface area contributed by atoms with E-state index in [9.17, 15) is 14.3 Å². The van der Waals surface area contributed by atoms with Gasteiger partial charge in [0.2, 0.25) is 0 Å². The third-order valence-electron chi connectivity index (χ3n) is 2.01. The first-order valence-electron chi connectivity index (χ1n) is 4.72. The number of nitrogens with one attached hydrogen (secondary N) is 1. The predicted molar refractivity (Wildman–Crippen MR) is 58.1 cm³/mol. The van der Waals surface area contributed by atoms with Crippen LogP contribution in [0.5, 0.6) is 5.75 Å². The van der Waals surface area contributed by atoms with E-state index in [1.165, 1.54) is 24.4 Å². The zero-order chi connectivity index (χ0) is 12.3. The summed E-state index contributed by atoms with van der Waals surface area (Å²) in [5.74, 6) is -1.06. The number of hydrogen-bond donors (Lipinski definition) is 2. The highest BCUT2D eigenvalue weighted by atomic mass is 19.1. The molecule has 0 atom stereocenters. The van der Waals surface area contributed by atoms with Crippen LogP contribution in [0.15, 0.2) is 36.8 Å². The van der Waals surface area contributed by atoms with Gasteiger partial charge in [-0.3, -0.25) is 9.78 Å². The van der Waals surface area contributed by atoms with Crippen molar-refractivity contribution in [3.05, 3.63) is 48.2 Å². The van der Waals surface area contributed by atoms with Crippen LogP contribution in [0.25, 0.3) is 0 Å². The highest BCUT2D eigenvalue weighted by Crippen LogP contribution is 2.15. The summed E-state index contributed by atoms with van der Waals surface area (Å²) in [5, 5.41) is 11.8. The molecule has 0 aliphatic heterocycles. The first kappa shape index (κ1) is 11.0. The van der Waals surface area contributed by atoms with E-state index in [0.717, 1.165) is 12.4 Å². The Hall–Kier alpha value is -2.50. The van der Waals surface area contributed by atoms with Gasteiger partial charge in [0.05, 0.1) is 18.0 Å². The van der Waals surface area contributed by atoms with Crippen LogP contribution in [0, 0.1) is 5.82 Å². The van der Waals surface area contributed by atoms with E-state index in [1.54, 1.807) is 0 Å². The normalized spacial score (nSPS) is 9.94. The average molecular weight is 233 g/mol. The van der Waals surface area contributed by atoms with E-state index in [-0.39, 0.29) is 17.1 Å². The third kappa shape index (κ3) is 2.54.